The number of ether oxygens (including phenoxy) is 2. The molecule has 0 radical (unpaired) electrons. The molecular formula is C30H33NO7S. The van der Waals surface area contributed by atoms with Crippen LogP contribution in [0.4, 0.5) is 0 Å². The zero-order valence-corrected chi connectivity index (χ0v) is 22.9. The predicted octanol–water partition coefficient (Wildman–Crippen LogP) is 3.65. The fourth-order valence-corrected chi connectivity index (χ4v) is 6.52. The van der Waals surface area contributed by atoms with Gasteiger partial charge in [0.05, 0.1) is 29.1 Å². The highest BCUT2D eigenvalue weighted by Crippen LogP contribution is 2.51. The second kappa shape index (κ2) is 10.4. The Morgan fingerprint density at radius 1 is 0.974 bits per heavy atom. The van der Waals surface area contributed by atoms with Crippen LogP contribution in [0.5, 0.6) is 11.5 Å². The molecule has 5 rings (SSSR count). The van der Waals surface area contributed by atoms with Gasteiger partial charge in [0.2, 0.25) is 16.8 Å². The molecule has 1 fully saturated rings. The van der Waals surface area contributed by atoms with Gasteiger partial charge in [-0.1, -0.05) is 43.3 Å². The molecule has 1 heterocycles. The summed E-state index contributed by atoms with van der Waals surface area (Å²) in [5.41, 5.74) is 2.78. The summed E-state index contributed by atoms with van der Waals surface area (Å²) in [6.07, 6.45) is 2.14. The molecule has 1 saturated carbocycles. The summed E-state index contributed by atoms with van der Waals surface area (Å²) in [4.78, 5) is 13.5. The number of benzene rings is 3. The number of carbonyl (C=O) groups is 1. The van der Waals surface area contributed by atoms with Crippen molar-refractivity contribution in [2.24, 2.45) is 0 Å². The van der Waals surface area contributed by atoms with E-state index in [-0.39, 0.29) is 23.9 Å². The Hall–Kier alpha value is -3.24. The number of aryl methyl sites for hydroxylation is 1. The molecule has 0 atom stereocenters. The molecule has 0 amide bonds. The lowest BCUT2D eigenvalue weighted by Crippen LogP contribution is -2.53. The zero-order valence-electron chi connectivity index (χ0n) is 22.1. The number of rotatable bonds is 11. The Kier molecular flexibility index (Phi) is 7.28. The molecule has 39 heavy (non-hydrogen) atoms. The number of ketones is 1. The van der Waals surface area contributed by atoms with Gasteiger partial charge in [0.15, 0.2) is 11.5 Å². The molecule has 0 aromatic heterocycles. The molecule has 206 valence electrons. The molecule has 0 spiro atoms. The van der Waals surface area contributed by atoms with Crippen molar-refractivity contribution in [3.8, 4) is 22.6 Å². The molecule has 3 aromatic rings. The van der Waals surface area contributed by atoms with Crippen molar-refractivity contribution >= 4 is 15.8 Å². The van der Waals surface area contributed by atoms with Crippen LogP contribution < -0.4 is 14.2 Å². The average Bonchev–Trinajstić information content (AvgIpc) is 3.63. The van der Waals surface area contributed by atoms with Crippen LogP contribution in [-0.2, 0) is 26.7 Å². The number of hydrogen-bond donors (Lipinski definition) is 3. The van der Waals surface area contributed by atoms with Gasteiger partial charge in [-0.3, -0.25) is 4.79 Å². The quantitative estimate of drug-likeness (QED) is 0.333. The standard InChI is InChI=1S/C30H33NO7S/c1-3-29(17-32,18-33)31-39(35,36)24-9-6-22(7-10-24)25-14-21(5-4-20(25)2)15-28(34)30(12-13-30)23-8-11-26-27(16-23)38-19-37-26/h4-11,14,16,31-33H,3,12-13,15,17-19H2,1-2H3. The van der Waals surface area contributed by atoms with Crippen LogP contribution in [0, 0.1) is 6.92 Å². The molecule has 0 unspecified atom stereocenters. The van der Waals surface area contributed by atoms with Crippen molar-refractivity contribution in [2.45, 2.75) is 55.4 Å². The van der Waals surface area contributed by atoms with E-state index < -0.39 is 34.2 Å². The van der Waals surface area contributed by atoms with Crippen LogP contribution >= 0.6 is 0 Å². The maximum Gasteiger partial charge on any atom is 0.241 e. The fourth-order valence-electron chi connectivity index (χ4n) is 5.06. The highest BCUT2D eigenvalue weighted by Gasteiger charge is 2.50. The topological polar surface area (TPSA) is 122 Å². The predicted molar refractivity (Wildman–Crippen MR) is 146 cm³/mol. The first-order valence-electron chi connectivity index (χ1n) is 13.0. The van der Waals surface area contributed by atoms with Crippen molar-refractivity contribution < 1.29 is 32.9 Å². The molecule has 0 bridgehead atoms. The molecular weight excluding hydrogens is 518 g/mol. The fraction of sp³-hybridized carbons (Fsp3) is 0.367. The lowest BCUT2D eigenvalue weighted by Gasteiger charge is -2.29. The molecule has 8 nitrogen and oxygen atoms in total. The minimum atomic E-state index is -3.96. The van der Waals surface area contributed by atoms with Gasteiger partial charge in [0, 0.05) is 6.42 Å². The summed E-state index contributed by atoms with van der Waals surface area (Å²) in [7, 11) is -3.96. The lowest BCUT2D eigenvalue weighted by atomic mass is 9.87. The monoisotopic (exact) mass is 551 g/mol. The Morgan fingerprint density at radius 2 is 1.67 bits per heavy atom. The third-order valence-electron chi connectivity index (χ3n) is 7.98. The summed E-state index contributed by atoms with van der Waals surface area (Å²) in [5.74, 6) is 1.54. The maximum atomic E-state index is 13.5. The van der Waals surface area contributed by atoms with E-state index in [2.05, 4.69) is 4.72 Å². The summed E-state index contributed by atoms with van der Waals surface area (Å²) in [6.45, 7) is 2.83. The normalized spacial score (nSPS) is 15.8. The van der Waals surface area contributed by atoms with Gasteiger partial charge >= 0.3 is 0 Å². The number of nitrogens with one attached hydrogen (secondary N) is 1. The zero-order chi connectivity index (χ0) is 27.8. The number of fused-ring (bicyclic) bond motifs is 1. The molecule has 3 N–H and O–H groups in total. The van der Waals surface area contributed by atoms with Crippen molar-refractivity contribution in [1.82, 2.24) is 4.72 Å². The largest absolute Gasteiger partial charge is 0.454 e. The van der Waals surface area contributed by atoms with Crippen molar-refractivity contribution in [1.29, 1.82) is 0 Å². The number of Topliss-reactive ketones (excluding diaryl/α,β-unsaturated/α-hetero) is 1. The number of aliphatic hydroxyl groups is 2. The van der Waals surface area contributed by atoms with Gasteiger partial charge in [-0.2, -0.15) is 0 Å². The second-order valence-corrected chi connectivity index (χ2v) is 12.2. The Morgan fingerprint density at radius 3 is 2.31 bits per heavy atom. The van der Waals surface area contributed by atoms with E-state index >= 15 is 0 Å². The van der Waals surface area contributed by atoms with Gasteiger partial charge in [0.1, 0.15) is 5.78 Å². The number of carbonyl (C=O) groups excluding carboxylic acids is 1. The third kappa shape index (κ3) is 5.19. The average molecular weight is 552 g/mol. The molecule has 2 aliphatic rings. The van der Waals surface area contributed by atoms with Crippen LogP contribution in [0.3, 0.4) is 0 Å². The molecule has 3 aromatic carbocycles. The Bertz CT molecular complexity index is 1480. The van der Waals surface area contributed by atoms with E-state index in [1.165, 1.54) is 12.1 Å². The van der Waals surface area contributed by atoms with Gasteiger partial charge < -0.3 is 19.7 Å². The number of sulfonamides is 1. The minimum absolute atomic E-state index is 0.0364. The van der Waals surface area contributed by atoms with E-state index in [1.807, 2.05) is 43.3 Å². The van der Waals surface area contributed by atoms with Crippen molar-refractivity contribution in [3.63, 3.8) is 0 Å². The van der Waals surface area contributed by atoms with E-state index in [0.29, 0.717) is 17.9 Å². The van der Waals surface area contributed by atoms with E-state index in [4.69, 9.17) is 9.47 Å². The van der Waals surface area contributed by atoms with Crippen LogP contribution in [-0.4, -0.2) is 50.0 Å². The van der Waals surface area contributed by atoms with E-state index in [1.54, 1.807) is 19.1 Å². The van der Waals surface area contributed by atoms with E-state index in [9.17, 15) is 23.4 Å². The first-order valence-corrected chi connectivity index (χ1v) is 14.5. The van der Waals surface area contributed by atoms with E-state index in [0.717, 1.165) is 40.7 Å². The third-order valence-corrected chi connectivity index (χ3v) is 9.58. The first kappa shape index (κ1) is 27.3. The molecule has 1 aliphatic heterocycles. The van der Waals surface area contributed by atoms with Gasteiger partial charge in [0.25, 0.3) is 0 Å². The molecule has 9 heteroatoms. The summed E-state index contributed by atoms with van der Waals surface area (Å²) in [5, 5.41) is 19.3. The van der Waals surface area contributed by atoms with Crippen LogP contribution in [0.25, 0.3) is 11.1 Å². The highest BCUT2D eigenvalue weighted by molar-refractivity contribution is 7.89. The number of hydrogen-bond acceptors (Lipinski definition) is 7. The Labute approximate surface area is 228 Å². The Balaban J connectivity index is 1.35. The van der Waals surface area contributed by atoms with Crippen LogP contribution in [0.2, 0.25) is 0 Å². The van der Waals surface area contributed by atoms with Gasteiger partial charge in [-0.25, -0.2) is 13.1 Å². The SMILES string of the molecule is CCC(CO)(CO)NS(=O)(=O)c1ccc(-c2cc(CC(=O)C3(c4ccc5c(c4)OCO5)CC3)ccc2C)cc1. The lowest BCUT2D eigenvalue weighted by molar-refractivity contribution is -0.120. The first-order chi connectivity index (χ1) is 18.6. The second-order valence-electron chi connectivity index (χ2n) is 10.5. The maximum absolute atomic E-state index is 13.5. The molecule has 0 saturated heterocycles. The minimum Gasteiger partial charge on any atom is -0.454 e. The smallest absolute Gasteiger partial charge is 0.241 e. The molecule has 1 aliphatic carbocycles. The van der Waals surface area contributed by atoms with Gasteiger partial charge in [-0.15, -0.1) is 0 Å². The number of aliphatic hydroxyl groups excluding tert-OH is 2. The van der Waals surface area contributed by atoms with Crippen molar-refractivity contribution in [3.05, 3.63) is 77.4 Å². The summed E-state index contributed by atoms with van der Waals surface area (Å²) in [6, 6.07) is 18.1. The van der Waals surface area contributed by atoms with Crippen LogP contribution in [0.1, 0.15) is 42.9 Å². The highest BCUT2D eigenvalue weighted by atomic mass is 32.2. The summed E-state index contributed by atoms with van der Waals surface area (Å²) >= 11 is 0. The van der Waals surface area contributed by atoms with Crippen LogP contribution in [0.15, 0.2) is 65.6 Å². The summed E-state index contributed by atoms with van der Waals surface area (Å²) < 4.78 is 39.2. The van der Waals surface area contributed by atoms with Gasteiger partial charge in [-0.05, 0) is 78.3 Å². The van der Waals surface area contributed by atoms with Crippen molar-refractivity contribution in [2.75, 3.05) is 20.0 Å².